The summed E-state index contributed by atoms with van der Waals surface area (Å²) in [5, 5.41) is 8.05. The molecule has 1 aromatic heterocycles. The van der Waals surface area contributed by atoms with Crippen LogP contribution < -0.4 is 5.73 Å². The fourth-order valence-electron chi connectivity index (χ4n) is 1.51. The summed E-state index contributed by atoms with van der Waals surface area (Å²) in [4.78, 5) is 0.655. The third-order valence-corrected chi connectivity index (χ3v) is 3.64. The quantitative estimate of drug-likeness (QED) is 0.854. The van der Waals surface area contributed by atoms with Crippen LogP contribution in [-0.2, 0) is 12.1 Å². The van der Waals surface area contributed by atoms with Gasteiger partial charge in [0.2, 0.25) is 0 Å². The predicted molar refractivity (Wildman–Crippen MR) is 74.4 cm³/mol. The number of hydrogen-bond acceptors (Lipinski definition) is 4. The molecule has 2 N–H and O–H groups in total. The zero-order valence-corrected chi connectivity index (χ0v) is 11.8. The molecule has 0 aliphatic rings. The van der Waals surface area contributed by atoms with E-state index in [0.29, 0.717) is 11.4 Å². The van der Waals surface area contributed by atoms with Gasteiger partial charge in [-0.15, -0.1) is 16.9 Å². The number of halogens is 1. The zero-order chi connectivity index (χ0) is 13.9. The van der Waals surface area contributed by atoms with Crippen LogP contribution in [0.4, 0.5) is 4.39 Å². The molecule has 0 aliphatic carbocycles. The second-order valence-electron chi connectivity index (χ2n) is 4.87. The fraction of sp³-hybridized carbons (Fsp3) is 0.385. The number of nitrogens with two attached hydrogens (primary N) is 1. The lowest BCUT2D eigenvalue weighted by Crippen LogP contribution is -2.29. The number of hydrogen-bond donors (Lipinski definition) is 1. The molecule has 0 radical (unpaired) electrons. The molecule has 0 unspecified atom stereocenters. The molecule has 0 amide bonds. The Morgan fingerprint density at radius 2 is 2.11 bits per heavy atom. The Kier molecular flexibility index (Phi) is 4.21. The molecular formula is C13H17FN4S. The molecule has 0 spiro atoms. The first kappa shape index (κ1) is 14.0. The van der Waals surface area contributed by atoms with E-state index in [1.807, 2.05) is 26.1 Å². The number of aryl methyl sites for hydroxylation is 1. The summed E-state index contributed by atoms with van der Waals surface area (Å²) < 4.78 is 15.1. The molecule has 2 rings (SSSR count). The largest absolute Gasteiger partial charge is 0.320 e. The van der Waals surface area contributed by atoms with Gasteiger partial charge < -0.3 is 5.73 Å². The monoisotopic (exact) mass is 280 g/mol. The van der Waals surface area contributed by atoms with Gasteiger partial charge in [-0.2, -0.15) is 0 Å². The van der Waals surface area contributed by atoms with Gasteiger partial charge >= 0.3 is 0 Å². The smallest absolute Gasteiger partial charge is 0.136 e. The van der Waals surface area contributed by atoms with Crippen molar-refractivity contribution < 1.29 is 4.39 Å². The topological polar surface area (TPSA) is 56.7 Å². The Morgan fingerprint density at radius 1 is 1.37 bits per heavy atom. The molecule has 0 aliphatic heterocycles. The molecule has 0 atom stereocenters. The number of benzene rings is 1. The first-order chi connectivity index (χ1) is 8.97. The molecule has 4 nitrogen and oxygen atoms in total. The van der Waals surface area contributed by atoms with Crippen molar-refractivity contribution in [3.05, 3.63) is 42.0 Å². The van der Waals surface area contributed by atoms with E-state index in [0.717, 1.165) is 11.4 Å². The normalized spacial score (nSPS) is 11.8. The fourth-order valence-corrected chi connectivity index (χ4v) is 2.39. The highest BCUT2D eigenvalue weighted by Gasteiger charge is 2.18. The molecule has 19 heavy (non-hydrogen) atoms. The number of aromatic nitrogens is 3. The number of thioether (sulfide) groups is 1. The standard InChI is InChI=1S/C13H17FN4S/c1-13(2,15)12-9-18(17-16-12)7-8-19-11-6-4-3-5-10(11)14/h3-6,9H,7-8,15H2,1-2H3. The minimum absolute atomic E-state index is 0.185. The van der Waals surface area contributed by atoms with Crippen LogP contribution >= 0.6 is 11.8 Å². The van der Waals surface area contributed by atoms with Gasteiger partial charge in [0.25, 0.3) is 0 Å². The highest BCUT2D eigenvalue weighted by Crippen LogP contribution is 2.21. The van der Waals surface area contributed by atoms with E-state index in [2.05, 4.69) is 10.3 Å². The van der Waals surface area contributed by atoms with Gasteiger partial charge in [-0.3, -0.25) is 4.68 Å². The number of rotatable bonds is 5. The van der Waals surface area contributed by atoms with Gasteiger partial charge in [-0.05, 0) is 26.0 Å². The molecule has 0 saturated carbocycles. The minimum atomic E-state index is -0.489. The van der Waals surface area contributed by atoms with Crippen LogP contribution in [-0.4, -0.2) is 20.7 Å². The molecule has 0 fully saturated rings. The maximum atomic E-state index is 13.4. The zero-order valence-electron chi connectivity index (χ0n) is 11.0. The van der Waals surface area contributed by atoms with Gasteiger partial charge in [0.15, 0.2) is 0 Å². The van der Waals surface area contributed by atoms with Crippen molar-refractivity contribution in [2.45, 2.75) is 30.8 Å². The van der Waals surface area contributed by atoms with E-state index in [-0.39, 0.29) is 5.82 Å². The van der Waals surface area contributed by atoms with Crippen LogP contribution in [0.15, 0.2) is 35.4 Å². The number of nitrogens with zero attached hydrogens (tertiary/aromatic N) is 3. The minimum Gasteiger partial charge on any atom is -0.320 e. The average Bonchev–Trinajstić information content (AvgIpc) is 2.80. The lowest BCUT2D eigenvalue weighted by atomic mass is 10.0. The van der Waals surface area contributed by atoms with E-state index in [9.17, 15) is 4.39 Å². The summed E-state index contributed by atoms with van der Waals surface area (Å²) >= 11 is 1.46. The lowest BCUT2D eigenvalue weighted by molar-refractivity contribution is 0.533. The Labute approximate surface area is 116 Å². The Morgan fingerprint density at radius 3 is 2.74 bits per heavy atom. The van der Waals surface area contributed by atoms with Crippen molar-refractivity contribution in [1.29, 1.82) is 0 Å². The van der Waals surface area contributed by atoms with Crippen molar-refractivity contribution >= 4 is 11.8 Å². The summed E-state index contributed by atoms with van der Waals surface area (Å²) in [7, 11) is 0. The summed E-state index contributed by atoms with van der Waals surface area (Å²) in [6.45, 7) is 4.44. The van der Waals surface area contributed by atoms with Crippen LogP contribution in [0.5, 0.6) is 0 Å². The maximum Gasteiger partial charge on any atom is 0.136 e. The van der Waals surface area contributed by atoms with Crippen LogP contribution in [0.2, 0.25) is 0 Å². The van der Waals surface area contributed by atoms with Gasteiger partial charge in [0.05, 0.1) is 18.3 Å². The van der Waals surface area contributed by atoms with E-state index < -0.39 is 5.54 Å². The van der Waals surface area contributed by atoms with Crippen molar-refractivity contribution in [2.75, 3.05) is 5.75 Å². The van der Waals surface area contributed by atoms with E-state index in [1.54, 1.807) is 16.8 Å². The average molecular weight is 280 g/mol. The first-order valence-electron chi connectivity index (χ1n) is 6.03. The van der Waals surface area contributed by atoms with E-state index >= 15 is 0 Å². The van der Waals surface area contributed by atoms with Crippen LogP contribution in [0.1, 0.15) is 19.5 Å². The third-order valence-electron chi connectivity index (χ3n) is 2.61. The van der Waals surface area contributed by atoms with Gasteiger partial charge in [-0.1, -0.05) is 17.3 Å². The third kappa shape index (κ3) is 3.78. The molecule has 102 valence electrons. The molecule has 2 aromatic rings. The molecule has 1 aromatic carbocycles. The van der Waals surface area contributed by atoms with Gasteiger partial charge in [-0.25, -0.2) is 4.39 Å². The molecular weight excluding hydrogens is 263 g/mol. The Bertz CT molecular complexity index is 548. The van der Waals surface area contributed by atoms with Gasteiger partial charge in [0, 0.05) is 10.6 Å². The second kappa shape index (κ2) is 5.71. The second-order valence-corrected chi connectivity index (χ2v) is 6.00. The maximum absolute atomic E-state index is 13.4. The molecule has 6 heteroatoms. The summed E-state index contributed by atoms with van der Waals surface area (Å²) in [6, 6.07) is 6.75. The molecule has 0 bridgehead atoms. The van der Waals surface area contributed by atoms with Crippen molar-refractivity contribution in [3.63, 3.8) is 0 Å². The summed E-state index contributed by atoms with van der Waals surface area (Å²) in [5.41, 5.74) is 6.20. The molecule has 1 heterocycles. The molecule has 0 saturated heterocycles. The first-order valence-corrected chi connectivity index (χ1v) is 7.02. The van der Waals surface area contributed by atoms with Crippen LogP contribution in [0.3, 0.4) is 0 Å². The van der Waals surface area contributed by atoms with Crippen molar-refractivity contribution in [1.82, 2.24) is 15.0 Å². The Hall–Kier alpha value is -1.40. The summed E-state index contributed by atoms with van der Waals surface area (Å²) in [6.07, 6.45) is 1.84. The van der Waals surface area contributed by atoms with Crippen LogP contribution in [0.25, 0.3) is 0 Å². The highest BCUT2D eigenvalue weighted by atomic mass is 32.2. The van der Waals surface area contributed by atoms with Crippen molar-refractivity contribution in [3.8, 4) is 0 Å². The highest BCUT2D eigenvalue weighted by molar-refractivity contribution is 7.99. The van der Waals surface area contributed by atoms with Crippen molar-refractivity contribution in [2.24, 2.45) is 5.73 Å². The lowest BCUT2D eigenvalue weighted by Gasteiger charge is -2.13. The van der Waals surface area contributed by atoms with Crippen LogP contribution in [0, 0.1) is 5.82 Å². The predicted octanol–water partition coefficient (Wildman–Crippen LogP) is 2.40. The van der Waals surface area contributed by atoms with E-state index in [1.165, 1.54) is 17.8 Å². The van der Waals surface area contributed by atoms with E-state index in [4.69, 9.17) is 5.73 Å². The van der Waals surface area contributed by atoms with Gasteiger partial charge in [0.1, 0.15) is 11.5 Å². The SMILES string of the molecule is CC(C)(N)c1cn(CCSc2ccccc2F)nn1. The summed E-state index contributed by atoms with van der Waals surface area (Å²) in [5.74, 6) is 0.546. The Balaban J connectivity index is 1.90.